The van der Waals surface area contributed by atoms with Crippen LogP contribution >= 0.6 is 0 Å². The first kappa shape index (κ1) is 15.7. The van der Waals surface area contributed by atoms with Crippen molar-refractivity contribution < 1.29 is 4.79 Å². The number of imidazole rings is 1. The van der Waals surface area contributed by atoms with Gasteiger partial charge in [-0.2, -0.15) is 0 Å². The first-order chi connectivity index (χ1) is 11.0. The average molecular weight is 312 g/mol. The summed E-state index contributed by atoms with van der Waals surface area (Å²) >= 11 is 0. The van der Waals surface area contributed by atoms with Crippen molar-refractivity contribution in [1.29, 1.82) is 0 Å². The van der Waals surface area contributed by atoms with Gasteiger partial charge in [0, 0.05) is 37.3 Å². The third-order valence-corrected chi connectivity index (χ3v) is 4.48. The molecule has 2 heterocycles. The summed E-state index contributed by atoms with van der Waals surface area (Å²) in [5, 5.41) is 3.17. The highest BCUT2D eigenvalue weighted by atomic mass is 16.2. The Balaban J connectivity index is 1.73. The van der Waals surface area contributed by atoms with Crippen LogP contribution in [-0.4, -0.2) is 46.5 Å². The summed E-state index contributed by atoms with van der Waals surface area (Å²) in [6.07, 6.45) is 3.53. The van der Waals surface area contributed by atoms with Crippen LogP contribution in [0.5, 0.6) is 0 Å². The number of hydrogen-bond donors (Lipinski definition) is 1. The molecule has 0 radical (unpaired) electrons. The minimum atomic E-state index is -0.0920. The Kier molecular flexibility index (Phi) is 4.48. The highest BCUT2D eigenvalue weighted by Crippen LogP contribution is 2.26. The highest BCUT2D eigenvalue weighted by Gasteiger charge is 2.33. The minimum absolute atomic E-state index is 0.0920. The SMILES string of the molecule is CC(C)n1cnc(C(=O)N[C@H]2CN(C)C[C@H]2c2ccccc2)c1. The van der Waals surface area contributed by atoms with Crippen LogP contribution < -0.4 is 5.32 Å². The maximum atomic E-state index is 12.5. The zero-order valence-electron chi connectivity index (χ0n) is 13.9. The Bertz CT molecular complexity index is 665. The zero-order chi connectivity index (χ0) is 16.4. The number of aromatic nitrogens is 2. The molecule has 1 aliphatic heterocycles. The van der Waals surface area contributed by atoms with Gasteiger partial charge < -0.3 is 14.8 Å². The van der Waals surface area contributed by atoms with Crippen molar-refractivity contribution in [2.75, 3.05) is 20.1 Å². The van der Waals surface area contributed by atoms with Crippen molar-refractivity contribution in [3.8, 4) is 0 Å². The van der Waals surface area contributed by atoms with Crippen molar-refractivity contribution in [3.05, 3.63) is 54.1 Å². The number of nitrogens with zero attached hydrogens (tertiary/aromatic N) is 3. The minimum Gasteiger partial charge on any atom is -0.346 e. The van der Waals surface area contributed by atoms with Crippen LogP contribution in [-0.2, 0) is 0 Å². The van der Waals surface area contributed by atoms with Crippen LogP contribution in [0, 0.1) is 0 Å². The lowest BCUT2D eigenvalue weighted by Crippen LogP contribution is -2.39. The lowest BCUT2D eigenvalue weighted by atomic mass is 9.94. The van der Waals surface area contributed by atoms with Gasteiger partial charge in [-0.1, -0.05) is 30.3 Å². The molecule has 1 aromatic carbocycles. The highest BCUT2D eigenvalue weighted by molar-refractivity contribution is 5.92. The molecule has 1 saturated heterocycles. The van der Waals surface area contributed by atoms with Gasteiger partial charge in [0.1, 0.15) is 5.69 Å². The fourth-order valence-electron chi connectivity index (χ4n) is 3.16. The van der Waals surface area contributed by atoms with E-state index in [1.165, 1.54) is 5.56 Å². The first-order valence-electron chi connectivity index (χ1n) is 8.12. The Morgan fingerprint density at radius 1 is 1.26 bits per heavy atom. The monoisotopic (exact) mass is 312 g/mol. The van der Waals surface area contributed by atoms with Crippen LogP contribution in [0.25, 0.3) is 0 Å². The predicted octanol–water partition coefficient (Wildman–Crippen LogP) is 2.29. The summed E-state index contributed by atoms with van der Waals surface area (Å²) in [6.45, 7) is 5.95. The first-order valence-corrected chi connectivity index (χ1v) is 8.12. The summed E-state index contributed by atoms with van der Waals surface area (Å²) in [4.78, 5) is 19.0. The number of nitrogens with one attached hydrogen (secondary N) is 1. The Morgan fingerprint density at radius 2 is 2.00 bits per heavy atom. The molecule has 1 N–H and O–H groups in total. The lowest BCUT2D eigenvalue weighted by molar-refractivity contribution is 0.0931. The molecular formula is C18H24N4O. The van der Waals surface area contributed by atoms with Gasteiger partial charge in [0.2, 0.25) is 0 Å². The number of benzene rings is 1. The standard InChI is InChI=1S/C18H24N4O/c1-13(2)22-11-17(19-12-22)18(23)20-16-10-21(3)9-15(16)14-7-5-4-6-8-14/h4-8,11-13,15-16H,9-10H2,1-3H3,(H,20,23)/t15-,16-/m0/s1. The van der Waals surface area contributed by atoms with Gasteiger partial charge in [-0.3, -0.25) is 4.79 Å². The number of likely N-dealkylation sites (N-methyl/N-ethyl adjacent to an activating group) is 1. The van der Waals surface area contributed by atoms with Gasteiger partial charge >= 0.3 is 0 Å². The van der Waals surface area contributed by atoms with E-state index in [0.717, 1.165) is 13.1 Å². The number of carbonyl (C=O) groups is 1. The van der Waals surface area contributed by atoms with Gasteiger partial charge in [0.15, 0.2) is 0 Å². The van der Waals surface area contributed by atoms with Crippen molar-refractivity contribution in [2.24, 2.45) is 0 Å². The van der Waals surface area contributed by atoms with E-state index in [9.17, 15) is 4.79 Å². The molecule has 122 valence electrons. The third kappa shape index (κ3) is 3.45. The van der Waals surface area contributed by atoms with E-state index in [1.54, 1.807) is 6.33 Å². The fourth-order valence-corrected chi connectivity index (χ4v) is 3.16. The third-order valence-electron chi connectivity index (χ3n) is 4.48. The van der Waals surface area contributed by atoms with Gasteiger partial charge in [-0.15, -0.1) is 0 Å². The fraction of sp³-hybridized carbons (Fsp3) is 0.444. The van der Waals surface area contributed by atoms with E-state index in [1.807, 2.05) is 16.8 Å². The Labute approximate surface area is 137 Å². The summed E-state index contributed by atoms with van der Waals surface area (Å²) in [5.74, 6) is 0.225. The van der Waals surface area contributed by atoms with E-state index >= 15 is 0 Å². The zero-order valence-corrected chi connectivity index (χ0v) is 13.9. The number of amides is 1. The van der Waals surface area contributed by atoms with E-state index in [0.29, 0.717) is 17.7 Å². The molecule has 5 nitrogen and oxygen atoms in total. The second kappa shape index (κ2) is 6.54. The van der Waals surface area contributed by atoms with Crippen LogP contribution in [0.1, 0.15) is 41.9 Å². The molecule has 1 amide bonds. The molecule has 0 bridgehead atoms. The van der Waals surface area contributed by atoms with Crippen LogP contribution in [0.3, 0.4) is 0 Å². The number of rotatable bonds is 4. The van der Waals surface area contributed by atoms with Crippen molar-refractivity contribution in [1.82, 2.24) is 19.8 Å². The van der Waals surface area contributed by atoms with Crippen molar-refractivity contribution in [2.45, 2.75) is 31.8 Å². The molecule has 2 atom stereocenters. The lowest BCUT2D eigenvalue weighted by Gasteiger charge is -2.19. The molecular weight excluding hydrogens is 288 g/mol. The molecule has 1 aliphatic rings. The smallest absolute Gasteiger partial charge is 0.271 e. The molecule has 2 aromatic rings. The maximum absolute atomic E-state index is 12.5. The molecule has 1 aromatic heterocycles. The van der Waals surface area contributed by atoms with Crippen molar-refractivity contribution in [3.63, 3.8) is 0 Å². The second-order valence-corrected chi connectivity index (χ2v) is 6.62. The number of likely N-dealkylation sites (tertiary alicyclic amines) is 1. The molecule has 0 unspecified atom stereocenters. The largest absolute Gasteiger partial charge is 0.346 e. The van der Waals surface area contributed by atoms with Gasteiger partial charge in [0.25, 0.3) is 5.91 Å². The quantitative estimate of drug-likeness (QED) is 0.942. The van der Waals surface area contributed by atoms with Crippen LogP contribution in [0.4, 0.5) is 0 Å². The van der Waals surface area contributed by atoms with Crippen LogP contribution in [0.2, 0.25) is 0 Å². The van der Waals surface area contributed by atoms with Gasteiger partial charge in [-0.25, -0.2) is 4.98 Å². The predicted molar refractivity (Wildman–Crippen MR) is 90.5 cm³/mol. The van der Waals surface area contributed by atoms with E-state index in [2.05, 4.69) is 60.4 Å². The molecule has 1 fully saturated rings. The molecule has 0 saturated carbocycles. The summed E-state index contributed by atoms with van der Waals surface area (Å²) in [5.41, 5.74) is 1.76. The van der Waals surface area contributed by atoms with Crippen LogP contribution in [0.15, 0.2) is 42.9 Å². The molecule has 23 heavy (non-hydrogen) atoms. The number of carbonyl (C=O) groups excluding carboxylic acids is 1. The molecule has 0 spiro atoms. The van der Waals surface area contributed by atoms with E-state index < -0.39 is 0 Å². The summed E-state index contributed by atoms with van der Waals surface area (Å²) < 4.78 is 1.95. The molecule has 5 heteroatoms. The number of hydrogen-bond acceptors (Lipinski definition) is 3. The Hall–Kier alpha value is -2.14. The maximum Gasteiger partial charge on any atom is 0.271 e. The van der Waals surface area contributed by atoms with Crippen molar-refractivity contribution >= 4 is 5.91 Å². The molecule has 3 rings (SSSR count). The summed E-state index contributed by atoms with van der Waals surface area (Å²) in [6, 6.07) is 10.8. The molecule has 0 aliphatic carbocycles. The van der Waals surface area contributed by atoms with E-state index in [4.69, 9.17) is 0 Å². The topological polar surface area (TPSA) is 50.2 Å². The Morgan fingerprint density at radius 3 is 2.65 bits per heavy atom. The van der Waals surface area contributed by atoms with Gasteiger partial charge in [0.05, 0.1) is 6.33 Å². The summed E-state index contributed by atoms with van der Waals surface area (Å²) in [7, 11) is 2.09. The second-order valence-electron chi connectivity index (χ2n) is 6.62. The normalized spacial score (nSPS) is 21.7. The van der Waals surface area contributed by atoms with Gasteiger partial charge in [-0.05, 0) is 26.5 Å². The average Bonchev–Trinajstić information content (AvgIpc) is 3.15. The van der Waals surface area contributed by atoms with E-state index in [-0.39, 0.29) is 11.9 Å².